The third-order valence-electron chi connectivity index (χ3n) is 1.19. The highest BCUT2D eigenvalue weighted by molar-refractivity contribution is 6.39. The van der Waals surface area contributed by atoms with Crippen LogP contribution in [-0.4, -0.2) is 0 Å². The minimum Gasteiger partial charge on any atom is -0.0923 e. The average molecular weight is 173 g/mol. The van der Waals surface area contributed by atoms with E-state index in [4.69, 9.17) is 23.2 Å². The maximum atomic E-state index is 5.45. The van der Waals surface area contributed by atoms with Gasteiger partial charge in [-0.05, 0) is 10.4 Å². The fourth-order valence-corrected chi connectivity index (χ4v) is 0.932. The lowest BCUT2D eigenvalue weighted by Gasteiger charge is -1.82. The molecule has 0 saturated carbocycles. The molecule has 0 atom stereocenters. The van der Waals surface area contributed by atoms with Crippen molar-refractivity contribution in [2.75, 3.05) is 0 Å². The molecule has 0 aliphatic carbocycles. The first-order valence-corrected chi connectivity index (χ1v) is 3.71. The fraction of sp³-hybridized carbons (Fsp3) is 0. The van der Waals surface area contributed by atoms with E-state index in [0.717, 1.165) is 10.4 Å². The summed E-state index contributed by atoms with van der Waals surface area (Å²) in [7, 11) is 0. The summed E-state index contributed by atoms with van der Waals surface area (Å²) in [4.78, 5) is 0. The Kier molecular flexibility index (Phi) is 2.79. The van der Waals surface area contributed by atoms with E-state index in [1.54, 1.807) is 0 Å². The number of rotatable bonds is 0. The maximum Gasteiger partial charge on any atom is 0.0115 e. The molecule has 0 aromatic heterocycles. The Morgan fingerprint density at radius 3 is 1.30 bits per heavy atom. The van der Waals surface area contributed by atoms with Gasteiger partial charge in [-0.2, -0.15) is 0 Å². The Labute approximate surface area is 69.4 Å². The van der Waals surface area contributed by atoms with Crippen molar-refractivity contribution in [2.24, 2.45) is 0 Å². The summed E-state index contributed by atoms with van der Waals surface area (Å²) < 4.78 is 0. The molecule has 0 heterocycles. The van der Waals surface area contributed by atoms with Crippen LogP contribution in [0.2, 0.25) is 0 Å². The molecule has 10 heavy (non-hydrogen) atoms. The van der Waals surface area contributed by atoms with Crippen molar-refractivity contribution in [2.45, 2.75) is 0 Å². The molecule has 0 bridgehead atoms. The molecule has 0 radical (unpaired) electrons. The lowest BCUT2D eigenvalue weighted by Crippen LogP contribution is -2.04. The number of halogens is 2. The smallest absolute Gasteiger partial charge is 0.0115 e. The monoisotopic (exact) mass is 172 g/mol. The predicted molar refractivity (Wildman–Crippen MR) is 46.3 cm³/mol. The average Bonchev–Trinajstić information content (AvgIpc) is 2.05. The summed E-state index contributed by atoms with van der Waals surface area (Å²) in [6.07, 6.45) is 0. The SMILES string of the molecule is ClC=c1ccc(=CCl)cc1. The summed E-state index contributed by atoms with van der Waals surface area (Å²) in [5, 5.41) is 1.98. The Balaban J connectivity index is 3.28. The van der Waals surface area contributed by atoms with E-state index in [1.165, 1.54) is 11.1 Å². The summed E-state index contributed by atoms with van der Waals surface area (Å²) in [5.74, 6) is 0. The first-order chi connectivity index (χ1) is 4.86. The van der Waals surface area contributed by atoms with Crippen molar-refractivity contribution in [3.63, 3.8) is 0 Å². The van der Waals surface area contributed by atoms with Crippen LogP contribution in [0.4, 0.5) is 0 Å². The third-order valence-corrected chi connectivity index (χ3v) is 1.69. The van der Waals surface area contributed by atoms with Gasteiger partial charge in [0.25, 0.3) is 0 Å². The lowest BCUT2D eigenvalue weighted by atomic mass is 10.3. The van der Waals surface area contributed by atoms with Crippen molar-refractivity contribution in [3.05, 3.63) is 34.7 Å². The molecule has 0 spiro atoms. The Morgan fingerprint density at radius 1 is 0.800 bits per heavy atom. The fourth-order valence-electron chi connectivity index (χ4n) is 0.641. The number of hydrogen-bond acceptors (Lipinski definition) is 0. The van der Waals surface area contributed by atoms with Crippen LogP contribution in [0.1, 0.15) is 0 Å². The largest absolute Gasteiger partial charge is 0.0923 e. The highest BCUT2D eigenvalue weighted by atomic mass is 35.5. The van der Waals surface area contributed by atoms with Gasteiger partial charge in [-0.1, -0.05) is 47.5 Å². The zero-order valence-corrected chi connectivity index (χ0v) is 6.73. The van der Waals surface area contributed by atoms with Crippen molar-refractivity contribution >= 4 is 34.3 Å². The molecule has 2 heteroatoms. The lowest BCUT2D eigenvalue weighted by molar-refractivity contribution is 1.56. The van der Waals surface area contributed by atoms with Crippen LogP contribution in [0.3, 0.4) is 0 Å². The van der Waals surface area contributed by atoms with Gasteiger partial charge in [0.2, 0.25) is 0 Å². The zero-order chi connectivity index (χ0) is 7.40. The molecular formula is C8H6Cl2. The van der Waals surface area contributed by atoms with Crippen LogP contribution >= 0.6 is 23.2 Å². The highest BCUT2D eigenvalue weighted by Gasteiger charge is 1.76. The van der Waals surface area contributed by atoms with Gasteiger partial charge in [-0.15, -0.1) is 0 Å². The molecule has 1 aromatic rings. The molecule has 0 aliphatic heterocycles. The molecule has 0 aliphatic rings. The molecule has 0 nitrogen and oxygen atoms in total. The van der Waals surface area contributed by atoms with Gasteiger partial charge < -0.3 is 0 Å². The second kappa shape index (κ2) is 3.65. The first kappa shape index (κ1) is 7.64. The summed E-state index contributed by atoms with van der Waals surface area (Å²) in [5.41, 5.74) is 3.05. The van der Waals surface area contributed by atoms with Gasteiger partial charge in [0.15, 0.2) is 0 Å². The Morgan fingerprint density at radius 2 is 1.10 bits per heavy atom. The number of benzene rings is 1. The van der Waals surface area contributed by atoms with Crippen LogP contribution < -0.4 is 10.4 Å². The quantitative estimate of drug-likeness (QED) is 0.559. The van der Waals surface area contributed by atoms with Crippen LogP contribution in [0, 0.1) is 0 Å². The Hall–Kier alpha value is -0.460. The standard InChI is InChI=1S/C8H6Cl2/c9-5-7-1-2-8(6-10)4-3-7/h1-6H. The van der Waals surface area contributed by atoms with Gasteiger partial charge in [-0.25, -0.2) is 0 Å². The molecule has 1 aromatic carbocycles. The van der Waals surface area contributed by atoms with E-state index >= 15 is 0 Å². The number of hydrogen-bond donors (Lipinski definition) is 0. The van der Waals surface area contributed by atoms with Gasteiger partial charge in [0.05, 0.1) is 0 Å². The third kappa shape index (κ3) is 1.76. The second-order valence-electron chi connectivity index (χ2n) is 1.88. The van der Waals surface area contributed by atoms with E-state index in [2.05, 4.69) is 0 Å². The van der Waals surface area contributed by atoms with Crippen molar-refractivity contribution in [3.8, 4) is 0 Å². The molecule has 0 amide bonds. The van der Waals surface area contributed by atoms with Gasteiger partial charge in [0, 0.05) is 11.1 Å². The minimum absolute atomic E-state index is 0.990. The van der Waals surface area contributed by atoms with Gasteiger partial charge in [0.1, 0.15) is 0 Å². The normalized spacial score (nSPS) is 9.00. The molecule has 1 rings (SSSR count). The summed E-state index contributed by atoms with van der Waals surface area (Å²) >= 11 is 10.9. The first-order valence-electron chi connectivity index (χ1n) is 2.84. The minimum atomic E-state index is 0.990. The Bertz CT molecular complexity index is 258. The van der Waals surface area contributed by atoms with E-state index < -0.39 is 0 Å². The van der Waals surface area contributed by atoms with Crippen molar-refractivity contribution in [1.82, 2.24) is 0 Å². The van der Waals surface area contributed by atoms with Crippen molar-refractivity contribution < 1.29 is 0 Å². The van der Waals surface area contributed by atoms with Crippen LogP contribution in [0.5, 0.6) is 0 Å². The van der Waals surface area contributed by atoms with Crippen LogP contribution in [0.15, 0.2) is 24.3 Å². The maximum absolute atomic E-state index is 5.45. The van der Waals surface area contributed by atoms with Crippen LogP contribution in [0.25, 0.3) is 11.1 Å². The summed E-state index contributed by atoms with van der Waals surface area (Å²) in [6.45, 7) is 0. The van der Waals surface area contributed by atoms with Gasteiger partial charge in [-0.3, -0.25) is 0 Å². The van der Waals surface area contributed by atoms with Gasteiger partial charge >= 0.3 is 0 Å². The second-order valence-corrected chi connectivity index (χ2v) is 2.32. The predicted octanol–water partition coefficient (Wildman–Crippen LogP) is 1.64. The molecule has 0 unspecified atom stereocenters. The summed E-state index contributed by atoms with van der Waals surface area (Å²) in [6, 6.07) is 7.62. The van der Waals surface area contributed by atoms with Crippen LogP contribution in [-0.2, 0) is 0 Å². The molecular weight excluding hydrogens is 167 g/mol. The molecule has 52 valence electrons. The highest BCUT2D eigenvalue weighted by Crippen LogP contribution is 1.77. The van der Waals surface area contributed by atoms with Crippen molar-refractivity contribution in [1.29, 1.82) is 0 Å². The van der Waals surface area contributed by atoms with E-state index in [9.17, 15) is 0 Å². The molecule has 0 saturated heterocycles. The molecule has 0 N–H and O–H groups in total. The van der Waals surface area contributed by atoms with E-state index in [-0.39, 0.29) is 0 Å². The zero-order valence-electron chi connectivity index (χ0n) is 5.22. The topological polar surface area (TPSA) is 0 Å². The van der Waals surface area contributed by atoms with E-state index in [1.807, 2.05) is 24.3 Å². The van der Waals surface area contributed by atoms with E-state index in [0.29, 0.717) is 0 Å². The molecule has 0 fully saturated rings.